The van der Waals surface area contributed by atoms with E-state index in [1.165, 1.54) is 5.56 Å². The Morgan fingerprint density at radius 1 is 1.07 bits per heavy atom. The molecule has 1 amide bonds. The Morgan fingerprint density at radius 3 is 2.53 bits per heavy atom. The number of aromatic nitrogens is 2. The van der Waals surface area contributed by atoms with Crippen LogP contribution in [-0.2, 0) is 4.79 Å². The number of hydrogen-bond donors (Lipinski definition) is 1. The first-order chi connectivity index (χ1) is 14.6. The van der Waals surface area contributed by atoms with Crippen LogP contribution < -0.4 is 10.2 Å². The maximum atomic E-state index is 12.5. The van der Waals surface area contributed by atoms with Crippen molar-refractivity contribution in [1.82, 2.24) is 14.9 Å². The Hall–Kier alpha value is -3.19. The number of rotatable bonds is 5. The van der Waals surface area contributed by atoms with E-state index in [-0.39, 0.29) is 5.91 Å². The molecule has 0 aliphatic carbocycles. The fourth-order valence-electron chi connectivity index (χ4n) is 3.34. The molecule has 0 radical (unpaired) electrons. The van der Waals surface area contributed by atoms with Gasteiger partial charge in [0.25, 0.3) is 0 Å². The average Bonchev–Trinajstić information content (AvgIpc) is 3.27. The summed E-state index contributed by atoms with van der Waals surface area (Å²) >= 11 is 1.63. The number of amides is 1. The number of piperazine rings is 1. The molecule has 1 saturated heterocycles. The number of carbonyl (C=O) groups is 1. The summed E-state index contributed by atoms with van der Waals surface area (Å²) in [6, 6.07) is 14.1. The number of aryl methyl sites for hydroxylation is 2. The van der Waals surface area contributed by atoms with E-state index < -0.39 is 0 Å². The molecule has 1 aromatic carbocycles. The zero-order valence-corrected chi connectivity index (χ0v) is 18.0. The highest BCUT2D eigenvalue weighted by Crippen LogP contribution is 2.20. The van der Waals surface area contributed by atoms with Crippen LogP contribution in [-0.4, -0.2) is 47.0 Å². The summed E-state index contributed by atoms with van der Waals surface area (Å²) in [6.07, 6.45) is 3.55. The third-order valence-corrected chi connectivity index (χ3v) is 5.83. The standard InChI is InChI=1S/C23H25N5OS/c1-17-5-7-19(8-6-17)25-23-24-18(2)16-21(26-23)27-11-13-28(14-12-27)22(29)10-9-20-4-3-15-30-20/h3-10,15-16H,11-14H2,1-2H3,(H,24,25,26)/b10-9+. The molecular formula is C23H25N5OS. The van der Waals surface area contributed by atoms with Gasteiger partial charge < -0.3 is 15.1 Å². The molecule has 7 heteroatoms. The van der Waals surface area contributed by atoms with Crippen LogP contribution in [0.15, 0.2) is 53.9 Å². The molecule has 1 aliphatic heterocycles. The largest absolute Gasteiger partial charge is 0.353 e. The number of benzene rings is 1. The molecule has 1 aliphatic rings. The van der Waals surface area contributed by atoms with E-state index in [4.69, 9.17) is 4.98 Å². The van der Waals surface area contributed by atoms with Crippen molar-refractivity contribution in [2.75, 3.05) is 36.4 Å². The maximum absolute atomic E-state index is 12.5. The lowest BCUT2D eigenvalue weighted by atomic mass is 10.2. The average molecular weight is 420 g/mol. The van der Waals surface area contributed by atoms with Crippen molar-refractivity contribution in [2.24, 2.45) is 0 Å². The zero-order valence-electron chi connectivity index (χ0n) is 17.2. The minimum Gasteiger partial charge on any atom is -0.353 e. The van der Waals surface area contributed by atoms with Gasteiger partial charge in [0.15, 0.2) is 0 Å². The van der Waals surface area contributed by atoms with Crippen molar-refractivity contribution < 1.29 is 4.79 Å². The Bertz CT molecular complexity index is 1020. The van der Waals surface area contributed by atoms with Crippen molar-refractivity contribution in [3.05, 3.63) is 70.1 Å². The van der Waals surface area contributed by atoms with Crippen LogP contribution in [0.5, 0.6) is 0 Å². The molecule has 0 unspecified atom stereocenters. The number of thiophene rings is 1. The molecule has 0 bridgehead atoms. The molecule has 3 heterocycles. The topological polar surface area (TPSA) is 61.4 Å². The Kier molecular flexibility index (Phi) is 6.09. The van der Waals surface area contributed by atoms with Crippen molar-refractivity contribution in [3.8, 4) is 0 Å². The number of hydrogen-bond acceptors (Lipinski definition) is 6. The summed E-state index contributed by atoms with van der Waals surface area (Å²) in [6.45, 7) is 6.89. The Morgan fingerprint density at radius 2 is 1.83 bits per heavy atom. The molecule has 6 nitrogen and oxygen atoms in total. The number of nitrogens with zero attached hydrogens (tertiary/aromatic N) is 4. The summed E-state index contributed by atoms with van der Waals surface area (Å²) < 4.78 is 0. The molecule has 154 valence electrons. The highest BCUT2D eigenvalue weighted by molar-refractivity contribution is 7.10. The van der Waals surface area contributed by atoms with Crippen molar-refractivity contribution >= 4 is 40.8 Å². The van der Waals surface area contributed by atoms with Gasteiger partial charge in [-0.3, -0.25) is 4.79 Å². The van der Waals surface area contributed by atoms with Crippen LogP contribution in [0, 0.1) is 13.8 Å². The van der Waals surface area contributed by atoms with Gasteiger partial charge in [0.1, 0.15) is 5.82 Å². The number of anilines is 3. The highest BCUT2D eigenvalue weighted by atomic mass is 32.1. The number of carbonyl (C=O) groups excluding carboxylic acids is 1. The van der Waals surface area contributed by atoms with Gasteiger partial charge in [-0.2, -0.15) is 4.98 Å². The summed E-state index contributed by atoms with van der Waals surface area (Å²) in [7, 11) is 0. The van der Waals surface area contributed by atoms with Crippen molar-refractivity contribution in [3.63, 3.8) is 0 Å². The second kappa shape index (κ2) is 9.09. The third-order valence-electron chi connectivity index (χ3n) is 5.00. The molecule has 4 rings (SSSR count). The fraction of sp³-hybridized carbons (Fsp3) is 0.261. The number of nitrogens with one attached hydrogen (secondary N) is 1. The molecule has 3 aromatic rings. The third kappa shape index (κ3) is 5.04. The summed E-state index contributed by atoms with van der Waals surface area (Å²) in [5.74, 6) is 1.54. The van der Waals surface area contributed by atoms with E-state index in [9.17, 15) is 4.79 Å². The summed E-state index contributed by atoms with van der Waals surface area (Å²) in [4.78, 5) is 26.9. The van der Waals surface area contributed by atoms with Gasteiger partial charge in [0.05, 0.1) is 0 Å². The molecule has 0 saturated carbocycles. The van der Waals surface area contributed by atoms with Gasteiger partial charge in [0.2, 0.25) is 11.9 Å². The van der Waals surface area contributed by atoms with Gasteiger partial charge in [-0.05, 0) is 43.5 Å². The first kappa shape index (κ1) is 20.1. The van der Waals surface area contributed by atoms with E-state index >= 15 is 0 Å². The zero-order chi connectivity index (χ0) is 20.9. The predicted octanol–water partition coefficient (Wildman–Crippen LogP) is 4.26. The highest BCUT2D eigenvalue weighted by Gasteiger charge is 2.21. The van der Waals surface area contributed by atoms with Gasteiger partial charge >= 0.3 is 0 Å². The summed E-state index contributed by atoms with van der Waals surface area (Å²) in [5.41, 5.74) is 3.08. The lowest BCUT2D eigenvalue weighted by Gasteiger charge is -2.35. The van der Waals surface area contributed by atoms with E-state index in [1.807, 2.05) is 53.6 Å². The minimum absolute atomic E-state index is 0.0589. The fourth-order valence-corrected chi connectivity index (χ4v) is 3.95. The normalized spacial score (nSPS) is 14.3. The molecule has 1 fully saturated rings. The van der Waals surface area contributed by atoms with E-state index in [0.717, 1.165) is 35.2 Å². The van der Waals surface area contributed by atoms with Crippen molar-refractivity contribution in [1.29, 1.82) is 0 Å². The lowest BCUT2D eigenvalue weighted by molar-refractivity contribution is -0.126. The molecule has 0 spiro atoms. The van der Waals surface area contributed by atoms with Crippen LogP contribution in [0.1, 0.15) is 16.1 Å². The summed E-state index contributed by atoms with van der Waals surface area (Å²) in [5, 5.41) is 5.30. The van der Waals surface area contributed by atoms with Gasteiger partial charge in [-0.1, -0.05) is 23.8 Å². The predicted molar refractivity (Wildman–Crippen MR) is 123 cm³/mol. The van der Waals surface area contributed by atoms with Crippen LogP contribution in [0.4, 0.5) is 17.5 Å². The molecule has 0 atom stereocenters. The second-order valence-corrected chi connectivity index (χ2v) is 8.32. The van der Waals surface area contributed by atoms with Gasteiger partial charge in [-0.25, -0.2) is 4.98 Å². The monoisotopic (exact) mass is 419 g/mol. The Balaban J connectivity index is 1.38. The Labute approximate surface area is 180 Å². The first-order valence-electron chi connectivity index (χ1n) is 10.0. The van der Waals surface area contributed by atoms with Crippen LogP contribution in [0.3, 0.4) is 0 Å². The first-order valence-corrected chi connectivity index (χ1v) is 10.9. The van der Waals surface area contributed by atoms with Gasteiger partial charge in [0, 0.05) is 54.6 Å². The van der Waals surface area contributed by atoms with Crippen LogP contribution in [0.2, 0.25) is 0 Å². The molecule has 2 aromatic heterocycles. The molecule has 30 heavy (non-hydrogen) atoms. The van der Waals surface area contributed by atoms with Gasteiger partial charge in [-0.15, -0.1) is 11.3 Å². The second-order valence-electron chi connectivity index (χ2n) is 7.34. The van der Waals surface area contributed by atoms with Crippen LogP contribution in [0.25, 0.3) is 6.08 Å². The van der Waals surface area contributed by atoms with E-state index in [2.05, 4.69) is 34.3 Å². The quantitative estimate of drug-likeness (QED) is 0.626. The maximum Gasteiger partial charge on any atom is 0.246 e. The smallest absolute Gasteiger partial charge is 0.246 e. The SMILES string of the molecule is Cc1ccc(Nc2nc(C)cc(N3CCN(C(=O)/C=C/c4cccs4)CC3)n2)cc1. The van der Waals surface area contributed by atoms with Crippen LogP contribution >= 0.6 is 11.3 Å². The van der Waals surface area contributed by atoms with E-state index in [1.54, 1.807) is 17.4 Å². The molecular weight excluding hydrogens is 394 g/mol. The van der Waals surface area contributed by atoms with Crippen molar-refractivity contribution in [2.45, 2.75) is 13.8 Å². The minimum atomic E-state index is 0.0589. The molecule has 1 N–H and O–H groups in total. The lowest BCUT2D eigenvalue weighted by Crippen LogP contribution is -2.48. The van der Waals surface area contributed by atoms with E-state index in [0.29, 0.717) is 19.0 Å².